The summed E-state index contributed by atoms with van der Waals surface area (Å²) in [5.74, 6) is 0.743. The first-order valence-corrected chi connectivity index (χ1v) is 10.1. The normalized spacial score (nSPS) is 15.5. The predicted octanol–water partition coefficient (Wildman–Crippen LogP) is 3.37. The largest absolute Gasteiger partial charge is 0.389 e. The van der Waals surface area contributed by atoms with Crippen molar-refractivity contribution in [2.75, 3.05) is 31.2 Å². The number of imidazole rings is 1. The van der Waals surface area contributed by atoms with E-state index in [1.54, 1.807) is 6.92 Å². The Morgan fingerprint density at radius 1 is 0.967 bits per heavy atom. The summed E-state index contributed by atoms with van der Waals surface area (Å²) >= 11 is 0. The van der Waals surface area contributed by atoms with Crippen molar-refractivity contribution < 1.29 is 9.84 Å². The van der Waals surface area contributed by atoms with Crippen LogP contribution >= 0.6 is 0 Å². The topological polar surface area (TPSA) is 76.3 Å². The van der Waals surface area contributed by atoms with Gasteiger partial charge in [-0.3, -0.25) is 4.57 Å². The van der Waals surface area contributed by atoms with Crippen LogP contribution in [0.1, 0.15) is 18.6 Å². The van der Waals surface area contributed by atoms with E-state index in [0.717, 1.165) is 52.4 Å². The zero-order valence-corrected chi connectivity index (χ0v) is 16.8. The molecule has 30 heavy (non-hydrogen) atoms. The molecule has 0 bridgehead atoms. The number of fused-ring (bicyclic) bond motifs is 1. The average molecular weight is 401 g/mol. The minimum atomic E-state index is -0.511. The number of hydrogen-bond donors (Lipinski definition) is 1. The summed E-state index contributed by atoms with van der Waals surface area (Å²) in [5.41, 5.74) is 5.74. The minimum Gasteiger partial charge on any atom is -0.389 e. The van der Waals surface area contributed by atoms with Crippen LogP contribution in [0.25, 0.3) is 27.8 Å². The molecule has 1 fully saturated rings. The molecule has 4 aromatic rings. The van der Waals surface area contributed by atoms with Gasteiger partial charge in [0.1, 0.15) is 6.33 Å². The van der Waals surface area contributed by atoms with E-state index in [1.165, 1.54) is 0 Å². The number of aromatic nitrogens is 4. The molecular formula is C23H23N5O2. The summed E-state index contributed by atoms with van der Waals surface area (Å²) < 4.78 is 7.44. The Labute approximate surface area is 174 Å². The standard InChI is InChI=1S/C23H23N5O2/c1-16(29)17-5-6-22-21(12-17)26-15-28(22)20-4-2-3-18(11-20)19-13-24-23(25-14-19)27-7-9-30-10-8-27/h2-6,11-16,29H,7-10H2,1H3/t16-/m1/s1. The molecule has 0 amide bonds. The van der Waals surface area contributed by atoms with Gasteiger partial charge in [0.25, 0.3) is 0 Å². The predicted molar refractivity (Wildman–Crippen MR) is 116 cm³/mol. The summed E-state index contributed by atoms with van der Waals surface area (Å²) in [6, 6.07) is 14.1. The summed E-state index contributed by atoms with van der Waals surface area (Å²) in [6.07, 6.45) is 5.05. The van der Waals surface area contributed by atoms with E-state index in [0.29, 0.717) is 13.2 Å². The maximum atomic E-state index is 9.82. The second kappa shape index (κ2) is 7.85. The number of rotatable bonds is 4. The van der Waals surface area contributed by atoms with Crippen molar-refractivity contribution in [1.29, 1.82) is 0 Å². The van der Waals surface area contributed by atoms with E-state index in [2.05, 4.69) is 38.1 Å². The van der Waals surface area contributed by atoms with E-state index in [1.807, 2.05) is 47.6 Å². The molecule has 1 saturated heterocycles. The van der Waals surface area contributed by atoms with Gasteiger partial charge < -0.3 is 14.7 Å². The average Bonchev–Trinajstić information content (AvgIpc) is 3.23. The fraction of sp³-hybridized carbons (Fsp3) is 0.261. The molecule has 1 N–H and O–H groups in total. The number of ether oxygens (including phenoxy) is 1. The zero-order chi connectivity index (χ0) is 20.5. The van der Waals surface area contributed by atoms with Gasteiger partial charge in [0.15, 0.2) is 0 Å². The van der Waals surface area contributed by atoms with Gasteiger partial charge >= 0.3 is 0 Å². The quantitative estimate of drug-likeness (QED) is 0.565. The maximum Gasteiger partial charge on any atom is 0.225 e. The van der Waals surface area contributed by atoms with Crippen LogP contribution in [0.2, 0.25) is 0 Å². The lowest BCUT2D eigenvalue weighted by molar-refractivity contribution is 0.122. The second-order valence-electron chi connectivity index (χ2n) is 7.46. The minimum absolute atomic E-state index is 0.511. The molecule has 7 nitrogen and oxygen atoms in total. The molecule has 0 unspecified atom stereocenters. The van der Waals surface area contributed by atoms with Crippen molar-refractivity contribution in [1.82, 2.24) is 19.5 Å². The van der Waals surface area contributed by atoms with Crippen molar-refractivity contribution in [3.8, 4) is 16.8 Å². The second-order valence-corrected chi connectivity index (χ2v) is 7.46. The fourth-order valence-electron chi connectivity index (χ4n) is 3.73. The molecule has 152 valence electrons. The Balaban J connectivity index is 1.45. The third kappa shape index (κ3) is 3.53. The highest BCUT2D eigenvalue weighted by Crippen LogP contribution is 2.26. The van der Waals surface area contributed by atoms with E-state index in [9.17, 15) is 5.11 Å². The van der Waals surface area contributed by atoms with Crippen LogP contribution in [0.3, 0.4) is 0 Å². The smallest absolute Gasteiger partial charge is 0.225 e. The molecule has 1 aliphatic rings. The van der Waals surface area contributed by atoms with Crippen LogP contribution in [0.15, 0.2) is 61.2 Å². The van der Waals surface area contributed by atoms with Crippen LogP contribution in [-0.2, 0) is 4.74 Å². The molecule has 1 atom stereocenters. The highest BCUT2D eigenvalue weighted by atomic mass is 16.5. The van der Waals surface area contributed by atoms with E-state index in [4.69, 9.17) is 4.74 Å². The lowest BCUT2D eigenvalue weighted by Gasteiger charge is -2.26. The van der Waals surface area contributed by atoms with E-state index in [-0.39, 0.29) is 0 Å². The van der Waals surface area contributed by atoms with E-state index >= 15 is 0 Å². The van der Waals surface area contributed by atoms with Gasteiger partial charge in [0.05, 0.1) is 30.4 Å². The summed E-state index contributed by atoms with van der Waals surface area (Å²) in [4.78, 5) is 15.8. The van der Waals surface area contributed by atoms with Gasteiger partial charge in [0, 0.05) is 36.7 Å². The lowest BCUT2D eigenvalue weighted by atomic mass is 10.1. The maximum absolute atomic E-state index is 9.82. The first kappa shape index (κ1) is 18.7. The summed E-state index contributed by atoms with van der Waals surface area (Å²) in [5, 5.41) is 9.82. The Morgan fingerprint density at radius 2 is 1.77 bits per heavy atom. The molecule has 0 spiro atoms. The molecule has 1 aliphatic heterocycles. The van der Waals surface area contributed by atoms with Gasteiger partial charge in [-0.1, -0.05) is 18.2 Å². The highest BCUT2D eigenvalue weighted by molar-refractivity contribution is 5.79. The van der Waals surface area contributed by atoms with Gasteiger partial charge in [-0.25, -0.2) is 15.0 Å². The Morgan fingerprint density at radius 3 is 2.53 bits per heavy atom. The van der Waals surface area contributed by atoms with Crippen LogP contribution in [0, 0.1) is 0 Å². The molecule has 2 aromatic heterocycles. The molecule has 0 saturated carbocycles. The molecule has 7 heteroatoms. The molecule has 0 aliphatic carbocycles. The van der Waals surface area contributed by atoms with Crippen molar-refractivity contribution in [3.63, 3.8) is 0 Å². The van der Waals surface area contributed by atoms with Crippen molar-refractivity contribution in [2.45, 2.75) is 13.0 Å². The first-order chi connectivity index (χ1) is 14.7. The van der Waals surface area contributed by atoms with Crippen LogP contribution in [0.5, 0.6) is 0 Å². The molecule has 2 aromatic carbocycles. The van der Waals surface area contributed by atoms with Crippen LogP contribution in [0.4, 0.5) is 5.95 Å². The Bertz CT molecular complexity index is 1160. The number of anilines is 1. The van der Waals surface area contributed by atoms with Gasteiger partial charge in [0.2, 0.25) is 5.95 Å². The Hall–Kier alpha value is -3.29. The first-order valence-electron chi connectivity index (χ1n) is 10.1. The Kier molecular flexibility index (Phi) is 4.90. The van der Waals surface area contributed by atoms with Crippen LogP contribution < -0.4 is 4.90 Å². The van der Waals surface area contributed by atoms with Crippen molar-refractivity contribution in [3.05, 3.63) is 66.7 Å². The number of morpholine rings is 1. The molecular weight excluding hydrogens is 378 g/mol. The lowest BCUT2D eigenvalue weighted by Crippen LogP contribution is -2.37. The third-order valence-corrected chi connectivity index (χ3v) is 5.44. The van der Waals surface area contributed by atoms with Gasteiger partial charge in [-0.2, -0.15) is 0 Å². The number of aliphatic hydroxyl groups excluding tert-OH is 1. The third-order valence-electron chi connectivity index (χ3n) is 5.44. The number of aliphatic hydroxyl groups is 1. The van der Waals surface area contributed by atoms with Gasteiger partial charge in [-0.15, -0.1) is 0 Å². The molecule has 0 radical (unpaired) electrons. The number of nitrogens with zero attached hydrogens (tertiary/aromatic N) is 5. The van der Waals surface area contributed by atoms with E-state index < -0.39 is 6.10 Å². The van der Waals surface area contributed by atoms with Crippen molar-refractivity contribution in [2.24, 2.45) is 0 Å². The van der Waals surface area contributed by atoms with Gasteiger partial charge in [-0.05, 0) is 42.3 Å². The number of benzene rings is 2. The molecule has 5 rings (SSSR count). The molecule has 3 heterocycles. The van der Waals surface area contributed by atoms with Crippen molar-refractivity contribution >= 4 is 17.0 Å². The SMILES string of the molecule is C[C@@H](O)c1ccc2c(c1)ncn2-c1cccc(-c2cnc(N3CCOCC3)nc2)c1. The monoisotopic (exact) mass is 401 g/mol. The highest BCUT2D eigenvalue weighted by Gasteiger charge is 2.14. The number of hydrogen-bond acceptors (Lipinski definition) is 6. The zero-order valence-electron chi connectivity index (χ0n) is 16.8. The summed E-state index contributed by atoms with van der Waals surface area (Å²) in [6.45, 7) is 4.82. The van der Waals surface area contributed by atoms with Crippen LogP contribution in [-0.4, -0.2) is 50.9 Å². The fourth-order valence-corrected chi connectivity index (χ4v) is 3.73. The summed E-state index contributed by atoms with van der Waals surface area (Å²) in [7, 11) is 0.